The van der Waals surface area contributed by atoms with Crippen molar-refractivity contribution in [1.29, 1.82) is 0 Å². The predicted octanol–water partition coefficient (Wildman–Crippen LogP) is 2.20. The van der Waals surface area contributed by atoms with Gasteiger partial charge >= 0.3 is 0 Å². The molecule has 1 saturated carbocycles. The second-order valence-electron chi connectivity index (χ2n) is 6.19. The highest BCUT2D eigenvalue weighted by Crippen LogP contribution is 2.39. The Morgan fingerprint density at radius 2 is 2.10 bits per heavy atom. The number of H-pyrrole nitrogens is 1. The summed E-state index contributed by atoms with van der Waals surface area (Å²) >= 11 is 0. The van der Waals surface area contributed by atoms with Crippen molar-refractivity contribution in [3.05, 3.63) is 18.6 Å². The number of halogens is 1. The number of anilines is 1. The van der Waals surface area contributed by atoms with Gasteiger partial charge in [0.25, 0.3) is 0 Å². The lowest BCUT2D eigenvalue weighted by atomic mass is 9.90. The molecule has 6 heteroatoms. The van der Waals surface area contributed by atoms with Crippen molar-refractivity contribution < 1.29 is 0 Å². The first-order valence-corrected chi connectivity index (χ1v) is 7.54. The summed E-state index contributed by atoms with van der Waals surface area (Å²) in [4.78, 5) is 14.3. The number of rotatable bonds is 2. The highest BCUT2D eigenvalue weighted by molar-refractivity contribution is 5.87. The molecule has 2 aromatic rings. The molecule has 114 valence electrons. The Hall–Kier alpha value is -1.33. The van der Waals surface area contributed by atoms with Gasteiger partial charge in [0.15, 0.2) is 0 Å². The molecule has 2 N–H and O–H groups in total. The monoisotopic (exact) mass is 307 g/mol. The molecule has 1 aliphatic heterocycles. The zero-order chi connectivity index (χ0) is 13.5. The normalized spacial score (nSPS) is 28.1. The van der Waals surface area contributed by atoms with Crippen LogP contribution in [0.5, 0.6) is 0 Å². The molecule has 0 spiro atoms. The minimum absolute atomic E-state index is 0. The summed E-state index contributed by atoms with van der Waals surface area (Å²) in [5.74, 6) is 2.81. The van der Waals surface area contributed by atoms with Gasteiger partial charge in [-0.15, -0.1) is 12.4 Å². The van der Waals surface area contributed by atoms with Crippen LogP contribution in [-0.2, 0) is 0 Å². The van der Waals surface area contributed by atoms with E-state index in [4.69, 9.17) is 0 Å². The number of aromatic nitrogens is 3. The van der Waals surface area contributed by atoms with E-state index >= 15 is 0 Å². The summed E-state index contributed by atoms with van der Waals surface area (Å²) in [5.41, 5.74) is 0.930. The van der Waals surface area contributed by atoms with Crippen molar-refractivity contribution in [1.82, 2.24) is 20.3 Å². The number of piperidine rings is 1. The molecule has 3 heterocycles. The third-order valence-corrected chi connectivity index (χ3v) is 5.13. The van der Waals surface area contributed by atoms with E-state index < -0.39 is 0 Å². The predicted molar refractivity (Wildman–Crippen MR) is 87.0 cm³/mol. The smallest absolute Gasteiger partial charge is 0.142 e. The molecular weight excluding hydrogens is 286 g/mol. The van der Waals surface area contributed by atoms with Gasteiger partial charge in [-0.2, -0.15) is 0 Å². The fraction of sp³-hybridized carbons (Fsp3) is 0.600. The average molecular weight is 308 g/mol. The molecular formula is C15H22ClN5. The summed E-state index contributed by atoms with van der Waals surface area (Å²) < 4.78 is 0. The lowest BCUT2D eigenvalue weighted by Crippen LogP contribution is -2.33. The van der Waals surface area contributed by atoms with E-state index in [2.05, 4.69) is 38.3 Å². The molecule has 1 saturated heterocycles. The van der Waals surface area contributed by atoms with Crippen LogP contribution in [-0.4, -0.2) is 41.1 Å². The van der Waals surface area contributed by atoms with Gasteiger partial charge in [-0.05, 0) is 50.3 Å². The summed E-state index contributed by atoms with van der Waals surface area (Å²) in [6.07, 6.45) is 7.52. The van der Waals surface area contributed by atoms with Crippen molar-refractivity contribution in [2.24, 2.45) is 11.8 Å². The van der Waals surface area contributed by atoms with Crippen LogP contribution in [0.3, 0.4) is 0 Å². The number of hydrogen-bond donors (Lipinski definition) is 2. The van der Waals surface area contributed by atoms with E-state index in [9.17, 15) is 0 Å². The standard InChI is InChI=1S/C15H21N5.ClH/c1-20(12-6-10-2-4-16-8-11(10)7-12)15-13-3-5-17-14(13)18-9-19-15;/h3,5,9-12,16H,2,4,6-8H2,1H3,(H,17,18,19);1H/t10-,11-,12?;/m0./s1. The van der Waals surface area contributed by atoms with Crippen LogP contribution < -0.4 is 10.2 Å². The number of aromatic amines is 1. The fourth-order valence-corrected chi connectivity index (χ4v) is 3.99. The molecule has 21 heavy (non-hydrogen) atoms. The molecule has 0 bridgehead atoms. The molecule has 0 amide bonds. The van der Waals surface area contributed by atoms with E-state index in [1.807, 2.05) is 6.20 Å². The van der Waals surface area contributed by atoms with Crippen LogP contribution in [0.1, 0.15) is 19.3 Å². The Labute approximate surface area is 130 Å². The topological polar surface area (TPSA) is 56.8 Å². The maximum absolute atomic E-state index is 4.52. The van der Waals surface area contributed by atoms with Crippen LogP contribution in [0, 0.1) is 11.8 Å². The van der Waals surface area contributed by atoms with E-state index in [0.717, 1.165) is 28.7 Å². The average Bonchev–Trinajstić information content (AvgIpc) is 3.12. The molecule has 4 rings (SSSR count). The Kier molecular flexibility index (Phi) is 4.04. The number of nitrogens with zero attached hydrogens (tertiary/aromatic N) is 3. The van der Waals surface area contributed by atoms with Crippen molar-refractivity contribution in [2.75, 3.05) is 25.0 Å². The van der Waals surface area contributed by atoms with Crippen molar-refractivity contribution in [3.63, 3.8) is 0 Å². The molecule has 5 nitrogen and oxygen atoms in total. The fourth-order valence-electron chi connectivity index (χ4n) is 3.99. The summed E-state index contributed by atoms with van der Waals surface area (Å²) in [6.45, 7) is 2.38. The van der Waals surface area contributed by atoms with Gasteiger partial charge in [0.1, 0.15) is 17.8 Å². The van der Waals surface area contributed by atoms with Gasteiger partial charge in [-0.1, -0.05) is 0 Å². The second kappa shape index (κ2) is 5.81. The van der Waals surface area contributed by atoms with E-state index in [-0.39, 0.29) is 12.4 Å². The molecule has 0 radical (unpaired) electrons. The number of nitrogens with one attached hydrogen (secondary N) is 2. The molecule has 2 aromatic heterocycles. The van der Waals surface area contributed by atoms with Crippen LogP contribution in [0.15, 0.2) is 18.6 Å². The van der Waals surface area contributed by atoms with Gasteiger partial charge in [0, 0.05) is 19.3 Å². The van der Waals surface area contributed by atoms with Crippen molar-refractivity contribution in [2.45, 2.75) is 25.3 Å². The number of hydrogen-bond acceptors (Lipinski definition) is 4. The zero-order valence-corrected chi connectivity index (χ0v) is 13.1. The first-order valence-electron chi connectivity index (χ1n) is 7.54. The van der Waals surface area contributed by atoms with E-state index in [1.165, 1.54) is 32.4 Å². The van der Waals surface area contributed by atoms with Gasteiger partial charge in [-0.25, -0.2) is 9.97 Å². The highest BCUT2D eigenvalue weighted by Gasteiger charge is 2.37. The van der Waals surface area contributed by atoms with Gasteiger partial charge < -0.3 is 15.2 Å². The summed E-state index contributed by atoms with van der Waals surface area (Å²) in [7, 11) is 2.18. The SMILES string of the molecule is CN(c1ncnc2[nH]ccc12)C1C[C@H]2CNCC[C@H]2C1.Cl. The highest BCUT2D eigenvalue weighted by atomic mass is 35.5. The summed E-state index contributed by atoms with van der Waals surface area (Å²) in [5, 5.41) is 4.66. The van der Waals surface area contributed by atoms with Crippen LogP contribution >= 0.6 is 12.4 Å². The molecule has 2 fully saturated rings. The van der Waals surface area contributed by atoms with Crippen LogP contribution in [0.25, 0.3) is 11.0 Å². The third kappa shape index (κ3) is 2.49. The Balaban J connectivity index is 0.00000132. The first kappa shape index (κ1) is 14.6. The van der Waals surface area contributed by atoms with Crippen molar-refractivity contribution >= 4 is 29.3 Å². The molecule has 2 aliphatic rings. The minimum Gasteiger partial charge on any atom is -0.356 e. The minimum atomic E-state index is 0. The number of fused-ring (bicyclic) bond motifs is 2. The second-order valence-corrected chi connectivity index (χ2v) is 6.19. The van der Waals surface area contributed by atoms with Gasteiger partial charge in [0.05, 0.1) is 5.39 Å². The van der Waals surface area contributed by atoms with E-state index in [0.29, 0.717) is 6.04 Å². The quantitative estimate of drug-likeness (QED) is 0.893. The molecule has 0 aromatic carbocycles. The van der Waals surface area contributed by atoms with Crippen LogP contribution in [0.4, 0.5) is 5.82 Å². The largest absolute Gasteiger partial charge is 0.356 e. The Morgan fingerprint density at radius 1 is 1.24 bits per heavy atom. The summed E-state index contributed by atoms with van der Waals surface area (Å²) in [6, 6.07) is 2.68. The lowest BCUT2D eigenvalue weighted by Gasteiger charge is -2.26. The van der Waals surface area contributed by atoms with Crippen LogP contribution in [0.2, 0.25) is 0 Å². The first-order chi connectivity index (χ1) is 9.83. The molecule has 1 unspecified atom stereocenters. The van der Waals surface area contributed by atoms with Crippen molar-refractivity contribution in [3.8, 4) is 0 Å². The Bertz CT molecular complexity index is 599. The lowest BCUT2D eigenvalue weighted by molar-refractivity contribution is 0.295. The van der Waals surface area contributed by atoms with Gasteiger partial charge in [0.2, 0.25) is 0 Å². The maximum Gasteiger partial charge on any atom is 0.142 e. The maximum atomic E-state index is 4.52. The zero-order valence-electron chi connectivity index (χ0n) is 12.2. The van der Waals surface area contributed by atoms with Gasteiger partial charge in [-0.3, -0.25) is 0 Å². The Morgan fingerprint density at radius 3 is 2.95 bits per heavy atom. The van der Waals surface area contributed by atoms with E-state index in [1.54, 1.807) is 6.33 Å². The molecule has 3 atom stereocenters. The molecule has 1 aliphatic carbocycles. The third-order valence-electron chi connectivity index (χ3n) is 5.13.